The minimum atomic E-state index is 0.652. The van der Waals surface area contributed by atoms with Gasteiger partial charge in [-0.2, -0.15) is 0 Å². The second-order valence-electron chi connectivity index (χ2n) is 4.09. The van der Waals surface area contributed by atoms with Crippen molar-refractivity contribution in [3.05, 3.63) is 47.7 Å². The van der Waals surface area contributed by atoms with E-state index in [1.54, 1.807) is 13.3 Å². The van der Waals surface area contributed by atoms with E-state index in [9.17, 15) is 0 Å². The maximum Gasteiger partial charge on any atom is 0.128 e. The molecular formula is C14H17N3O. The number of ether oxygens (including phenoxy) is 1. The molecular weight excluding hydrogens is 226 g/mol. The average Bonchev–Trinajstić information content (AvgIpc) is 2.40. The maximum absolute atomic E-state index is 5.84. The lowest BCUT2D eigenvalue weighted by Crippen LogP contribution is -2.04. The summed E-state index contributed by atoms with van der Waals surface area (Å²) in [5.74, 6) is 1.63. The molecule has 0 radical (unpaired) electrons. The van der Waals surface area contributed by atoms with Gasteiger partial charge < -0.3 is 15.8 Å². The first-order valence-electron chi connectivity index (χ1n) is 5.78. The molecule has 0 amide bonds. The van der Waals surface area contributed by atoms with Gasteiger partial charge in [-0.3, -0.25) is 0 Å². The summed E-state index contributed by atoms with van der Waals surface area (Å²) in [7, 11) is 1.67. The van der Waals surface area contributed by atoms with E-state index in [0.717, 1.165) is 28.4 Å². The van der Waals surface area contributed by atoms with Crippen molar-refractivity contribution in [2.45, 2.75) is 13.5 Å². The summed E-state index contributed by atoms with van der Waals surface area (Å²) in [6.07, 6.45) is 1.76. The van der Waals surface area contributed by atoms with E-state index >= 15 is 0 Å². The fourth-order valence-corrected chi connectivity index (χ4v) is 1.67. The van der Waals surface area contributed by atoms with Gasteiger partial charge in [-0.15, -0.1) is 0 Å². The summed E-state index contributed by atoms with van der Waals surface area (Å²) < 4.78 is 5.29. The molecule has 0 aliphatic rings. The predicted octanol–water partition coefficient (Wildman–Crippen LogP) is 2.59. The highest BCUT2D eigenvalue weighted by molar-refractivity contribution is 5.53. The van der Waals surface area contributed by atoms with Crippen LogP contribution in [-0.2, 0) is 6.54 Å². The van der Waals surface area contributed by atoms with Gasteiger partial charge in [0.15, 0.2) is 0 Å². The van der Waals surface area contributed by atoms with Crippen LogP contribution < -0.4 is 15.8 Å². The van der Waals surface area contributed by atoms with Gasteiger partial charge in [-0.05, 0) is 18.6 Å². The summed E-state index contributed by atoms with van der Waals surface area (Å²) >= 11 is 0. The number of pyridine rings is 1. The van der Waals surface area contributed by atoms with E-state index < -0.39 is 0 Å². The van der Waals surface area contributed by atoms with E-state index in [4.69, 9.17) is 10.5 Å². The van der Waals surface area contributed by atoms with Crippen molar-refractivity contribution in [2.24, 2.45) is 0 Å². The van der Waals surface area contributed by atoms with Crippen molar-refractivity contribution < 1.29 is 4.74 Å². The van der Waals surface area contributed by atoms with Gasteiger partial charge in [0.1, 0.15) is 11.6 Å². The molecule has 0 spiro atoms. The zero-order chi connectivity index (χ0) is 13.0. The van der Waals surface area contributed by atoms with E-state index in [1.165, 1.54) is 0 Å². The molecule has 0 fully saturated rings. The molecule has 94 valence electrons. The molecule has 2 rings (SSSR count). The van der Waals surface area contributed by atoms with Crippen LogP contribution in [0, 0.1) is 6.92 Å². The smallest absolute Gasteiger partial charge is 0.128 e. The van der Waals surface area contributed by atoms with Crippen LogP contribution in [0.3, 0.4) is 0 Å². The SMILES string of the molecule is COc1ccccc1CNc1cc(N)c(C)cn1. The van der Waals surface area contributed by atoms with Gasteiger partial charge in [-0.1, -0.05) is 18.2 Å². The highest BCUT2D eigenvalue weighted by atomic mass is 16.5. The Kier molecular flexibility index (Phi) is 3.67. The van der Waals surface area contributed by atoms with Crippen molar-refractivity contribution in [3.63, 3.8) is 0 Å². The first-order valence-corrected chi connectivity index (χ1v) is 5.78. The molecule has 2 aromatic rings. The number of hydrogen-bond donors (Lipinski definition) is 2. The number of nitrogens with one attached hydrogen (secondary N) is 1. The van der Waals surface area contributed by atoms with Crippen LogP contribution in [0.5, 0.6) is 5.75 Å². The fraction of sp³-hybridized carbons (Fsp3) is 0.214. The standard InChI is InChI=1S/C14H17N3O/c1-10-8-16-14(7-12(10)15)17-9-11-5-3-4-6-13(11)18-2/h3-8H,9H2,1-2H3,(H3,15,16,17). The number of methoxy groups -OCH3 is 1. The third-order valence-corrected chi connectivity index (χ3v) is 2.80. The molecule has 1 aromatic heterocycles. The Morgan fingerprint density at radius 2 is 2.11 bits per heavy atom. The van der Waals surface area contributed by atoms with Crippen molar-refractivity contribution in [2.75, 3.05) is 18.2 Å². The van der Waals surface area contributed by atoms with Crippen molar-refractivity contribution in [1.29, 1.82) is 0 Å². The lowest BCUT2D eigenvalue weighted by molar-refractivity contribution is 0.410. The topological polar surface area (TPSA) is 60.2 Å². The normalized spacial score (nSPS) is 10.1. The first-order chi connectivity index (χ1) is 8.70. The van der Waals surface area contributed by atoms with E-state index in [1.807, 2.05) is 37.3 Å². The van der Waals surface area contributed by atoms with Gasteiger partial charge in [0.25, 0.3) is 0 Å². The number of hydrogen-bond acceptors (Lipinski definition) is 4. The molecule has 0 unspecified atom stereocenters. The van der Waals surface area contributed by atoms with E-state index in [0.29, 0.717) is 6.54 Å². The number of rotatable bonds is 4. The molecule has 0 aliphatic carbocycles. The third kappa shape index (κ3) is 2.71. The van der Waals surface area contributed by atoms with Gasteiger partial charge in [0.05, 0.1) is 7.11 Å². The van der Waals surface area contributed by atoms with Crippen LogP contribution in [0.15, 0.2) is 36.5 Å². The second-order valence-corrected chi connectivity index (χ2v) is 4.09. The molecule has 0 aliphatic heterocycles. The van der Waals surface area contributed by atoms with Gasteiger partial charge in [0.2, 0.25) is 0 Å². The lowest BCUT2D eigenvalue weighted by Gasteiger charge is -2.10. The summed E-state index contributed by atoms with van der Waals surface area (Å²) in [4.78, 5) is 4.28. The average molecular weight is 243 g/mol. The second kappa shape index (κ2) is 5.40. The number of para-hydroxylation sites is 1. The number of nitrogens with zero attached hydrogens (tertiary/aromatic N) is 1. The van der Waals surface area contributed by atoms with Crippen LogP contribution in [0.4, 0.5) is 11.5 Å². The van der Waals surface area contributed by atoms with Crippen LogP contribution >= 0.6 is 0 Å². The molecule has 1 heterocycles. The number of anilines is 2. The Balaban J connectivity index is 2.09. The minimum absolute atomic E-state index is 0.652. The molecule has 0 saturated heterocycles. The Morgan fingerprint density at radius 3 is 2.83 bits per heavy atom. The molecule has 1 aromatic carbocycles. The number of aromatic nitrogens is 1. The van der Waals surface area contributed by atoms with Crippen LogP contribution in [0.2, 0.25) is 0 Å². The zero-order valence-electron chi connectivity index (χ0n) is 10.6. The van der Waals surface area contributed by atoms with Crippen LogP contribution in [0.25, 0.3) is 0 Å². The molecule has 3 N–H and O–H groups in total. The first kappa shape index (κ1) is 12.2. The van der Waals surface area contributed by atoms with E-state index in [2.05, 4.69) is 10.3 Å². The molecule has 0 atom stereocenters. The summed E-state index contributed by atoms with van der Waals surface area (Å²) in [5, 5.41) is 3.23. The van der Waals surface area contributed by atoms with E-state index in [-0.39, 0.29) is 0 Å². The third-order valence-electron chi connectivity index (χ3n) is 2.80. The van der Waals surface area contributed by atoms with Crippen molar-refractivity contribution in [3.8, 4) is 5.75 Å². The quantitative estimate of drug-likeness (QED) is 0.866. The van der Waals surface area contributed by atoms with Gasteiger partial charge >= 0.3 is 0 Å². The summed E-state index contributed by atoms with van der Waals surface area (Å²) in [6.45, 7) is 2.59. The number of nitrogens with two attached hydrogens (primary N) is 1. The lowest BCUT2D eigenvalue weighted by atomic mass is 10.2. The highest BCUT2D eigenvalue weighted by Gasteiger charge is 2.02. The Morgan fingerprint density at radius 1 is 1.33 bits per heavy atom. The molecule has 0 bridgehead atoms. The fourth-order valence-electron chi connectivity index (χ4n) is 1.67. The van der Waals surface area contributed by atoms with Crippen LogP contribution in [-0.4, -0.2) is 12.1 Å². The van der Waals surface area contributed by atoms with Crippen molar-refractivity contribution >= 4 is 11.5 Å². The number of benzene rings is 1. The Hall–Kier alpha value is -2.23. The number of aryl methyl sites for hydroxylation is 1. The monoisotopic (exact) mass is 243 g/mol. The van der Waals surface area contributed by atoms with Gasteiger partial charge in [0, 0.05) is 30.1 Å². The Labute approximate surface area is 107 Å². The molecule has 0 saturated carbocycles. The predicted molar refractivity (Wildman–Crippen MR) is 73.7 cm³/mol. The maximum atomic E-state index is 5.84. The molecule has 18 heavy (non-hydrogen) atoms. The molecule has 4 nitrogen and oxygen atoms in total. The van der Waals surface area contributed by atoms with Crippen LogP contribution in [0.1, 0.15) is 11.1 Å². The summed E-state index contributed by atoms with van der Waals surface area (Å²) in [5.41, 5.74) is 8.65. The summed E-state index contributed by atoms with van der Waals surface area (Å²) in [6, 6.07) is 9.73. The minimum Gasteiger partial charge on any atom is -0.496 e. The Bertz CT molecular complexity index is 540. The largest absolute Gasteiger partial charge is 0.496 e. The zero-order valence-corrected chi connectivity index (χ0v) is 10.6. The number of nitrogen functional groups attached to an aromatic ring is 1. The van der Waals surface area contributed by atoms with Gasteiger partial charge in [-0.25, -0.2) is 4.98 Å². The molecule has 4 heteroatoms. The highest BCUT2D eigenvalue weighted by Crippen LogP contribution is 2.19. The van der Waals surface area contributed by atoms with Crippen molar-refractivity contribution in [1.82, 2.24) is 4.98 Å².